The van der Waals surface area contributed by atoms with Gasteiger partial charge in [0.15, 0.2) is 0 Å². The first-order valence-electron chi connectivity index (χ1n) is 5.98. The first kappa shape index (κ1) is 15.2. The molecule has 0 amide bonds. The lowest BCUT2D eigenvalue weighted by molar-refractivity contribution is -0.384. The summed E-state index contributed by atoms with van der Waals surface area (Å²) in [6.45, 7) is 1.41. The molecule has 0 aromatic heterocycles. The van der Waals surface area contributed by atoms with E-state index in [0.717, 1.165) is 6.07 Å². The van der Waals surface area contributed by atoms with Gasteiger partial charge in [-0.1, -0.05) is 17.7 Å². The van der Waals surface area contributed by atoms with Crippen LogP contribution in [0.4, 0.5) is 10.1 Å². The number of ether oxygens (including phenoxy) is 1. The molecule has 21 heavy (non-hydrogen) atoms. The third-order valence-corrected chi connectivity index (χ3v) is 3.07. The summed E-state index contributed by atoms with van der Waals surface area (Å²) in [5, 5.41) is 20.3. The molecule has 1 atom stereocenters. The van der Waals surface area contributed by atoms with Crippen molar-refractivity contribution in [3.05, 3.63) is 62.9 Å². The fraction of sp³-hybridized carbons (Fsp3) is 0.143. The molecule has 2 rings (SSSR count). The Labute approximate surface area is 124 Å². The summed E-state index contributed by atoms with van der Waals surface area (Å²) in [6, 6.07) is 7.78. The van der Waals surface area contributed by atoms with Crippen LogP contribution >= 0.6 is 11.6 Å². The lowest BCUT2D eigenvalue weighted by atomic mass is 10.1. The van der Waals surface area contributed by atoms with Crippen molar-refractivity contribution in [1.82, 2.24) is 0 Å². The minimum atomic E-state index is -1.07. The van der Waals surface area contributed by atoms with Crippen molar-refractivity contribution >= 4 is 17.3 Å². The predicted octanol–water partition coefficient (Wildman–Crippen LogP) is 4.23. The number of benzene rings is 2. The van der Waals surface area contributed by atoms with E-state index < -0.39 is 16.8 Å². The van der Waals surface area contributed by atoms with Crippen LogP contribution in [0.1, 0.15) is 18.6 Å². The van der Waals surface area contributed by atoms with Crippen molar-refractivity contribution in [2.75, 3.05) is 0 Å². The molecule has 1 unspecified atom stereocenters. The molecular weight excluding hydrogens is 301 g/mol. The quantitative estimate of drug-likeness (QED) is 0.677. The van der Waals surface area contributed by atoms with E-state index in [4.69, 9.17) is 16.3 Å². The highest BCUT2D eigenvalue weighted by Crippen LogP contribution is 2.36. The third-order valence-electron chi connectivity index (χ3n) is 2.78. The molecule has 110 valence electrons. The Kier molecular flexibility index (Phi) is 4.40. The summed E-state index contributed by atoms with van der Waals surface area (Å²) in [5.74, 6) is -0.379. The van der Waals surface area contributed by atoms with Crippen LogP contribution in [-0.4, -0.2) is 10.0 Å². The van der Waals surface area contributed by atoms with Gasteiger partial charge in [0, 0.05) is 12.1 Å². The number of nitrogens with zero attached hydrogens (tertiary/aromatic N) is 1. The SMILES string of the molecule is CC(O)c1c(F)cccc1Oc1ccc([N+](=O)[O-])cc1Cl. The van der Waals surface area contributed by atoms with Gasteiger partial charge < -0.3 is 9.84 Å². The standard InChI is InChI=1S/C14H11ClFNO4/c1-8(18)14-11(16)3-2-4-13(14)21-12-6-5-9(17(19)20)7-10(12)15/h2-8,18H,1H3. The molecule has 0 fully saturated rings. The highest BCUT2D eigenvalue weighted by atomic mass is 35.5. The van der Waals surface area contributed by atoms with Gasteiger partial charge in [0.05, 0.1) is 21.6 Å². The van der Waals surface area contributed by atoms with Crippen LogP contribution in [0.5, 0.6) is 11.5 Å². The Hall–Kier alpha value is -2.18. The van der Waals surface area contributed by atoms with Crippen molar-refractivity contribution in [3.63, 3.8) is 0 Å². The van der Waals surface area contributed by atoms with Gasteiger partial charge in [0.1, 0.15) is 17.3 Å². The molecule has 0 aliphatic rings. The first-order chi connectivity index (χ1) is 9.90. The molecule has 7 heteroatoms. The van der Waals surface area contributed by atoms with Crippen LogP contribution in [0.25, 0.3) is 0 Å². The van der Waals surface area contributed by atoms with Crippen LogP contribution in [0.2, 0.25) is 5.02 Å². The molecule has 0 aliphatic carbocycles. The van der Waals surface area contributed by atoms with Crippen molar-refractivity contribution in [2.24, 2.45) is 0 Å². The number of aliphatic hydroxyl groups excluding tert-OH is 1. The number of nitro groups is 1. The normalized spacial score (nSPS) is 12.0. The first-order valence-corrected chi connectivity index (χ1v) is 6.36. The van der Waals surface area contributed by atoms with Gasteiger partial charge >= 0.3 is 0 Å². The van der Waals surface area contributed by atoms with Crippen molar-refractivity contribution in [1.29, 1.82) is 0 Å². The van der Waals surface area contributed by atoms with E-state index in [1.165, 1.54) is 37.3 Å². The topological polar surface area (TPSA) is 72.6 Å². The van der Waals surface area contributed by atoms with Crippen LogP contribution in [-0.2, 0) is 0 Å². The maximum absolute atomic E-state index is 13.7. The van der Waals surface area contributed by atoms with Gasteiger partial charge in [0.2, 0.25) is 0 Å². The van der Waals surface area contributed by atoms with E-state index in [2.05, 4.69) is 0 Å². The Morgan fingerprint density at radius 2 is 2.05 bits per heavy atom. The van der Waals surface area contributed by atoms with Crippen molar-refractivity contribution < 1.29 is 19.2 Å². The molecule has 0 saturated heterocycles. The van der Waals surface area contributed by atoms with E-state index in [-0.39, 0.29) is 27.8 Å². The van der Waals surface area contributed by atoms with Crippen LogP contribution in [0.3, 0.4) is 0 Å². The number of aliphatic hydroxyl groups is 1. The molecule has 0 bridgehead atoms. The highest BCUT2D eigenvalue weighted by Gasteiger charge is 2.17. The monoisotopic (exact) mass is 311 g/mol. The number of hydrogen-bond donors (Lipinski definition) is 1. The van der Waals surface area contributed by atoms with Crippen molar-refractivity contribution in [3.8, 4) is 11.5 Å². The molecule has 1 N–H and O–H groups in total. The average molecular weight is 312 g/mol. The van der Waals surface area contributed by atoms with Crippen LogP contribution in [0.15, 0.2) is 36.4 Å². The largest absolute Gasteiger partial charge is 0.455 e. The summed E-state index contributed by atoms with van der Waals surface area (Å²) in [6.07, 6.45) is -1.07. The second-order valence-electron chi connectivity index (χ2n) is 4.30. The Morgan fingerprint density at radius 1 is 1.33 bits per heavy atom. The molecule has 2 aromatic rings. The van der Waals surface area contributed by atoms with Crippen LogP contribution in [0, 0.1) is 15.9 Å². The summed E-state index contributed by atoms with van der Waals surface area (Å²) in [7, 11) is 0. The summed E-state index contributed by atoms with van der Waals surface area (Å²) >= 11 is 5.91. The molecule has 0 spiro atoms. The Bertz CT molecular complexity index is 691. The van der Waals surface area contributed by atoms with E-state index in [1.807, 2.05) is 0 Å². The number of rotatable bonds is 4. The van der Waals surface area contributed by atoms with Gasteiger partial charge in [-0.3, -0.25) is 10.1 Å². The lowest BCUT2D eigenvalue weighted by Crippen LogP contribution is -2.00. The van der Waals surface area contributed by atoms with Gasteiger partial charge in [-0.25, -0.2) is 4.39 Å². The number of halogens is 2. The summed E-state index contributed by atoms with van der Waals surface area (Å²) in [5.41, 5.74) is -0.186. The number of hydrogen-bond acceptors (Lipinski definition) is 4. The molecule has 2 aromatic carbocycles. The maximum atomic E-state index is 13.7. The van der Waals surface area contributed by atoms with Gasteiger partial charge in [-0.15, -0.1) is 0 Å². The zero-order valence-electron chi connectivity index (χ0n) is 10.9. The van der Waals surface area contributed by atoms with E-state index in [1.54, 1.807) is 0 Å². The van der Waals surface area contributed by atoms with E-state index in [9.17, 15) is 19.6 Å². The zero-order valence-corrected chi connectivity index (χ0v) is 11.7. The Balaban J connectivity index is 2.39. The third kappa shape index (κ3) is 3.29. The molecule has 0 heterocycles. The van der Waals surface area contributed by atoms with E-state index >= 15 is 0 Å². The minimum absolute atomic E-state index is 0.00748. The van der Waals surface area contributed by atoms with Crippen molar-refractivity contribution in [2.45, 2.75) is 13.0 Å². The van der Waals surface area contributed by atoms with Gasteiger partial charge in [-0.2, -0.15) is 0 Å². The Morgan fingerprint density at radius 3 is 2.62 bits per heavy atom. The molecule has 0 radical (unpaired) electrons. The summed E-state index contributed by atoms with van der Waals surface area (Å²) in [4.78, 5) is 10.1. The average Bonchev–Trinajstić information content (AvgIpc) is 2.40. The molecule has 5 nitrogen and oxygen atoms in total. The zero-order chi connectivity index (χ0) is 15.6. The lowest BCUT2D eigenvalue weighted by Gasteiger charge is -2.14. The van der Waals surface area contributed by atoms with Crippen LogP contribution < -0.4 is 4.74 Å². The second-order valence-corrected chi connectivity index (χ2v) is 4.71. The van der Waals surface area contributed by atoms with Gasteiger partial charge in [-0.05, 0) is 25.1 Å². The highest BCUT2D eigenvalue weighted by molar-refractivity contribution is 6.32. The predicted molar refractivity (Wildman–Crippen MR) is 75.2 cm³/mol. The fourth-order valence-corrected chi connectivity index (χ4v) is 2.03. The van der Waals surface area contributed by atoms with Gasteiger partial charge in [0.25, 0.3) is 5.69 Å². The summed E-state index contributed by atoms with van der Waals surface area (Å²) < 4.78 is 19.2. The number of non-ortho nitro benzene ring substituents is 1. The number of nitro benzene ring substituents is 1. The molecule has 0 aliphatic heterocycles. The van der Waals surface area contributed by atoms with E-state index in [0.29, 0.717) is 0 Å². The fourth-order valence-electron chi connectivity index (χ4n) is 1.82. The minimum Gasteiger partial charge on any atom is -0.455 e. The smallest absolute Gasteiger partial charge is 0.271 e. The second kappa shape index (κ2) is 6.07. The maximum Gasteiger partial charge on any atom is 0.271 e. The molecule has 0 saturated carbocycles. The molecular formula is C14H11ClFNO4.